The van der Waals surface area contributed by atoms with Gasteiger partial charge in [-0.2, -0.15) is 5.11 Å². The molecule has 0 aliphatic carbocycles. The standard InChI is InChI=1S/C12H12N4.ClH/c13-9-6-7-12(11(14)8-9)16-15-10-4-2-1-3-5-10;/h1-8H,13-14H2;1H/b16-15+;. The maximum absolute atomic E-state index is 5.75. The molecule has 2 aromatic rings. The lowest BCUT2D eigenvalue weighted by molar-refractivity contribution is 1.23. The lowest BCUT2D eigenvalue weighted by Gasteiger charge is -1.99. The fraction of sp³-hybridized carbons (Fsp3) is 0. The van der Waals surface area contributed by atoms with Crippen LogP contribution in [0, 0.1) is 0 Å². The van der Waals surface area contributed by atoms with E-state index in [-0.39, 0.29) is 12.4 Å². The van der Waals surface area contributed by atoms with Gasteiger partial charge in [-0.15, -0.1) is 17.5 Å². The van der Waals surface area contributed by atoms with Crippen molar-refractivity contribution in [2.75, 3.05) is 11.5 Å². The van der Waals surface area contributed by atoms with E-state index in [0.29, 0.717) is 17.1 Å². The molecule has 4 nitrogen and oxygen atoms in total. The van der Waals surface area contributed by atoms with E-state index >= 15 is 0 Å². The molecular formula is C12H13ClN4. The average Bonchev–Trinajstić information content (AvgIpc) is 2.29. The maximum atomic E-state index is 5.75. The number of halogens is 1. The van der Waals surface area contributed by atoms with Crippen molar-refractivity contribution < 1.29 is 0 Å². The van der Waals surface area contributed by atoms with E-state index < -0.39 is 0 Å². The van der Waals surface area contributed by atoms with Crippen molar-refractivity contribution in [1.82, 2.24) is 0 Å². The Morgan fingerprint density at radius 2 is 1.53 bits per heavy atom. The summed E-state index contributed by atoms with van der Waals surface area (Å²) in [5.41, 5.74) is 13.9. The average molecular weight is 249 g/mol. The number of nitrogens with two attached hydrogens (primary N) is 2. The van der Waals surface area contributed by atoms with Gasteiger partial charge in [0, 0.05) is 5.69 Å². The molecule has 0 fully saturated rings. The van der Waals surface area contributed by atoms with Gasteiger partial charge in [0.15, 0.2) is 0 Å². The molecule has 0 aromatic heterocycles. The Labute approximate surface area is 106 Å². The van der Waals surface area contributed by atoms with Crippen molar-refractivity contribution in [3.63, 3.8) is 0 Å². The van der Waals surface area contributed by atoms with Gasteiger partial charge in [0.05, 0.1) is 11.4 Å². The van der Waals surface area contributed by atoms with Crippen LogP contribution in [0.25, 0.3) is 0 Å². The van der Waals surface area contributed by atoms with E-state index in [2.05, 4.69) is 10.2 Å². The van der Waals surface area contributed by atoms with Gasteiger partial charge in [0.25, 0.3) is 0 Å². The number of benzene rings is 2. The van der Waals surface area contributed by atoms with Gasteiger partial charge >= 0.3 is 0 Å². The van der Waals surface area contributed by atoms with E-state index in [0.717, 1.165) is 5.69 Å². The van der Waals surface area contributed by atoms with Crippen molar-refractivity contribution in [2.24, 2.45) is 10.2 Å². The van der Waals surface area contributed by atoms with Crippen LogP contribution in [-0.2, 0) is 0 Å². The Morgan fingerprint density at radius 1 is 0.824 bits per heavy atom. The van der Waals surface area contributed by atoms with Crippen molar-refractivity contribution in [1.29, 1.82) is 0 Å². The highest BCUT2D eigenvalue weighted by Crippen LogP contribution is 2.26. The zero-order valence-electron chi connectivity index (χ0n) is 9.08. The summed E-state index contributed by atoms with van der Waals surface area (Å²) in [5.74, 6) is 0. The van der Waals surface area contributed by atoms with Gasteiger partial charge in [-0.25, -0.2) is 0 Å². The number of hydrogen-bond donors (Lipinski definition) is 2. The Morgan fingerprint density at radius 3 is 2.18 bits per heavy atom. The third-order valence-corrected chi connectivity index (χ3v) is 2.08. The topological polar surface area (TPSA) is 76.8 Å². The first kappa shape index (κ1) is 13.0. The summed E-state index contributed by atoms with van der Waals surface area (Å²) in [4.78, 5) is 0. The quantitative estimate of drug-likeness (QED) is 0.628. The SMILES string of the molecule is Cl.Nc1ccc(/N=N/c2ccccc2)c(N)c1. The Hall–Kier alpha value is -2.07. The molecule has 0 radical (unpaired) electrons. The van der Waals surface area contributed by atoms with Crippen LogP contribution in [0.15, 0.2) is 58.8 Å². The number of rotatable bonds is 2. The lowest BCUT2D eigenvalue weighted by Crippen LogP contribution is -1.89. The third kappa shape index (κ3) is 3.46. The molecule has 0 saturated carbocycles. The Bertz CT molecular complexity index is 511. The van der Waals surface area contributed by atoms with Gasteiger partial charge < -0.3 is 11.5 Å². The minimum Gasteiger partial charge on any atom is -0.399 e. The number of anilines is 2. The van der Waals surface area contributed by atoms with Crippen LogP contribution in [0.5, 0.6) is 0 Å². The molecule has 0 saturated heterocycles. The number of hydrogen-bond acceptors (Lipinski definition) is 4. The first-order valence-corrected chi connectivity index (χ1v) is 4.87. The van der Waals surface area contributed by atoms with E-state index in [4.69, 9.17) is 11.5 Å². The van der Waals surface area contributed by atoms with Gasteiger partial charge in [-0.1, -0.05) is 18.2 Å². The third-order valence-electron chi connectivity index (χ3n) is 2.08. The summed E-state index contributed by atoms with van der Waals surface area (Å²) in [5, 5.41) is 8.13. The zero-order valence-corrected chi connectivity index (χ0v) is 9.89. The summed E-state index contributed by atoms with van der Waals surface area (Å²) in [7, 11) is 0. The molecule has 88 valence electrons. The zero-order chi connectivity index (χ0) is 11.4. The number of azo groups is 1. The van der Waals surface area contributed by atoms with E-state index in [1.54, 1.807) is 18.2 Å². The van der Waals surface area contributed by atoms with E-state index in [1.165, 1.54) is 0 Å². The molecule has 0 amide bonds. The fourth-order valence-corrected chi connectivity index (χ4v) is 1.27. The molecule has 17 heavy (non-hydrogen) atoms. The highest BCUT2D eigenvalue weighted by molar-refractivity contribution is 5.85. The molecule has 0 aliphatic heterocycles. The molecule has 0 atom stereocenters. The first-order chi connectivity index (χ1) is 7.75. The van der Waals surface area contributed by atoms with Crippen LogP contribution >= 0.6 is 12.4 Å². The minimum atomic E-state index is 0. The second-order valence-corrected chi connectivity index (χ2v) is 3.35. The van der Waals surface area contributed by atoms with Crippen molar-refractivity contribution >= 4 is 35.2 Å². The lowest BCUT2D eigenvalue weighted by atomic mass is 10.2. The highest BCUT2D eigenvalue weighted by Gasteiger charge is 1.97. The van der Waals surface area contributed by atoms with Gasteiger partial charge in [0.2, 0.25) is 0 Å². The summed E-state index contributed by atoms with van der Waals surface area (Å²) in [6.07, 6.45) is 0. The van der Waals surface area contributed by atoms with Crippen LogP contribution in [0.4, 0.5) is 22.7 Å². The smallest absolute Gasteiger partial charge is 0.109 e. The predicted molar refractivity (Wildman–Crippen MR) is 73.1 cm³/mol. The molecule has 2 rings (SSSR count). The van der Waals surface area contributed by atoms with Gasteiger partial charge in [-0.3, -0.25) is 0 Å². The Balaban J connectivity index is 0.00000144. The fourth-order valence-electron chi connectivity index (χ4n) is 1.27. The molecule has 0 aliphatic rings. The highest BCUT2D eigenvalue weighted by atomic mass is 35.5. The Kier molecular flexibility index (Phi) is 4.48. The van der Waals surface area contributed by atoms with E-state index in [1.807, 2.05) is 30.3 Å². The predicted octanol–water partition coefficient (Wildman–Crippen LogP) is 3.69. The number of nitrogen functional groups attached to an aromatic ring is 2. The summed E-state index contributed by atoms with van der Waals surface area (Å²) < 4.78 is 0. The molecule has 2 aromatic carbocycles. The molecule has 0 heterocycles. The van der Waals surface area contributed by atoms with Gasteiger partial charge in [0.1, 0.15) is 5.69 Å². The second-order valence-electron chi connectivity index (χ2n) is 3.35. The minimum absolute atomic E-state index is 0. The molecule has 5 heteroatoms. The molecule has 4 N–H and O–H groups in total. The second kappa shape index (κ2) is 5.86. The van der Waals surface area contributed by atoms with Crippen molar-refractivity contribution in [3.8, 4) is 0 Å². The summed E-state index contributed by atoms with van der Waals surface area (Å²) in [6, 6.07) is 14.6. The molecular weight excluding hydrogens is 236 g/mol. The number of nitrogens with zero attached hydrogens (tertiary/aromatic N) is 2. The monoisotopic (exact) mass is 248 g/mol. The van der Waals surface area contributed by atoms with E-state index in [9.17, 15) is 0 Å². The van der Waals surface area contributed by atoms with Crippen molar-refractivity contribution in [2.45, 2.75) is 0 Å². The van der Waals surface area contributed by atoms with Crippen LogP contribution in [0.3, 0.4) is 0 Å². The maximum Gasteiger partial charge on any atom is 0.109 e. The van der Waals surface area contributed by atoms with Crippen LogP contribution in [-0.4, -0.2) is 0 Å². The van der Waals surface area contributed by atoms with Gasteiger partial charge in [-0.05, 0) is 30.3 Å². The first-order valence-electron chi connectivity index (χ1n) is 4.87. The van der Waals surface area contributed by atoms with Crippen LogP contribution in [0.1, 0.15) is 0 Å². The molecule has 0 unspecified atom stereocenters. The van der Waals surface area contributed by atoms with Crippen LogP contribution in [0.2, 0.25) is 0 Å². The van der Waals surface area contributed by atoms with Crippen LogP contribution < -0.4 is 11.5 Å². The van der Waals surface area contributed by atoms with Crippen molar-refractivity contribution in [3.05, 3.63) is 48.5 Å². The molecule has 0 bridgehead atoms. The summed E-state index contributed by atoms with van der Waals surface area (Å²) in [6.45, 7) is 0. The normalized spacial score (nSPS) is 10.1. The molecule has 0 spiro atoms. The summed E-state index contributed by atoms with van der Waals surface area (Å²) >= 11 is 0. The largest absolute Gasteiger partial charge is 0.399 e.